The molecule has 0 radical (unpaired) electrons. The molecule has 21 heavy (non-hydrogen) atoms. The molecule has 2 aromatic carbocycles. The molecule has 0 fully saturated rings. The zero-order valence-electron chi connectivity index (χ0n) is 13.1. The van der Waals surface area contributed by atoms with Gasteiger partial charge in [0.15, 0.2) is 0 Å². The van der Waals surface area contributed by atoms with Crippen LogP contribution in [-0.2, 0) is 17.8 Å². The van der Waals surface area contributed by atoms with E-state index in [9.17, 15) is 4.79 Å². The molecule has 2 aromatic rings. The fourth-order valence-electron chi connectivity index (χ4n) is 2.37. The number of carbonyl (C=O) groups is 1. The molecule has 0 heterocycles. The number of aryl methyl sites for hydroxylation is 4. The second-order valence-electron chi connectivity index (χ2n) is 5.69. The minimum atomic E-state index is 0.107. The van der Waals surface area contributed by atoms with Crippen molar-refractivity contribution in [3.8, 4) is 0 Å². The van der Waals surface area contributed by atoms with Gasteiger partial charge in [0.05, 0.1) is 0 Å². The van der Waals surface area contributed by atoms with E-state index >= 15 is 0 Å². The van der Waals surface area contributed by atoms with Gasteiger partial charge in [0, 0.05) is 13.0 Å². The predicted octanol–water partition coefficient (Wildman–Crippen LogP) is 3.86. The second-order valence-corrected chi connectivity index (χ2v) is 5.69. The molecule has 0 bridgehead atoms. The van der Waals surface area contributed by atoms with Gasteiger partial charge in [-0.2, -0.15) is 0 Å². The van der Waals surface area contributed by atoms with Crippen LogP contribution in [0.15, 0.2) is 42.5 Å². The highest BCUT2D eigenvalue weighted by molar-refractivity contribution is 5.76. The first-order chi connectivity index (χ1) is 10.0. The lowest BCUT2D eigenvalue weighted by molar-refractivity contribution is -0.121. The van der Waals surface area contributed by atoms with Crippen molar-refractivity contribution in [2.45, 2.75) is 40.2 Å². The second kappa shape index (κ2) is 7.07. The Labute approximate surface area is 127 Å². The van der Waals surface area contributed by atoms with E-state index in [1.807, 2.05) is 0 Å². The number of rotatable bonds is 5. The van der Waals surface area contributed by atoms with E-state index in [0.717, 1.165) is 12.0 Å². The summed E-state index contributed by atoms with van der Waals surface area (Å²) in [5.41, 5.74) is 6.16. The Morgan fingerprint density at radius 1 is 0.952 bits per heavy atom. The molecule has 2 rings (SSSR count). The standard InChI is InChI=1S/C19H23NO/c1-14-4-7-17(8-5-14)13-20-19(21)11-10-18-9-6-15(2)12-16(18)3/h4-9,12H,10-11,13H2,1-3H3,(H,20,21). The lowest BCUT2D eigenvalue weighted by atomic mass is 10.0. The van der Waals surface area contributed by atoms with Gasteiger partial charge in [0.25, 0.3) is 0 Å². The summed E-state index contributed by atoms with van der Waals surface area (Å²) in [4.78, 5) is 11.9. The summed E-state index contributed by atoms with van der Waals surface area (Å²) in [7, 11) is 0. The van der Waals surface area contributed by atoms with Crippen LogP contribution in [0.3, 0.4) is 0 Å². The fraction of sp³-hybridized carbons (Fsp3) is 0.316. The van der Waals surface area contributed by atoms with Crippen LogP contribution in [0.5, 0.6) is 0 Å². The summed E-state index contributed by atoms with van der Waals surface area (Å²) < 4.78 is 0. The number of hydrogen-bond donors (Lipinski definition) is 1. The number of nitrogens with one attached hydrogen (secondary N) is 1. The predicted molar refractivity (Wildman–Crippen MR) is 87.3 cm³/mol. The van der Waals surface area contributed by atoms with Gasteiger partial charge in [-0.25, -0.2) is 0 Å². The van der Waals surface area contributed by atoms with Gasteiger partial charge in [-0.1, -0.05) is 53.6 Å². The van der Waals surface area contributed by atoms with E-state index in [4.69, 9.17) is 0 Å². The molecule has 0 aliphatic heterocycles. The SMILES string of the molecule is Cc1ccc(CNC(=O)CCc2ccc(C)cc2C)cc1. The highest BCUT2D eigenvalue weighted by Crippen LogP contribution is 2.12. The van der Waals surface area contributed by atoms with Gasteiger partial charge in [-0.3, -0.25) is 4.79 Å². The van der Waals surface area contributed by atoms with E-state index in [1.165, 1.54) is 22.3 Å². The van der Waals surface area contributed by atoms with Crippen molar-refractivity contribution in [2.75, 3.05) is 0 Å². The Balaban J connectivity index is 1.80. The Hall–Kier alpha value is -2.09. The summed E-state index contributed by atoms with van der Waals surface area (Å²) in [5.74, 6) is 0.107. The van der Waals surface area contributed by atoms with E-state index in [2.05, 4.69) is 68.6 Å². The van der Waals surface area contributed by atoms with Crippen molar-refractivity contribution in [1.82, 2.24) is 5.32 Å². The molecule has 0 atom stereocenters. The van der Waals surface area contributed by atoms with Crippen LogP contribution in [0.1, 0.15) is 34.2 Å². The highest BCUT2D eigenvalue weighted by atomic mass is 16.1. The van der Waals surface area contributed by atoms with Crippen LogP contribution in [0, 0.1) is 20.8 Å². The van der Waals surface area contributed by atoms with Crippen molar-refractivity contribution < 1.29 is 4.79 Å². The molecular weight excluding hydrogens is 258 g/mol. The molecule has 1 N–H and O–H groups in total. The van der Waals surface area contributed by atoms with Gasteiger partial charge in [0.1, 0.15) is 0 Å². The molecule has 2 heteroatoms. The normalized spacial score (nSPS) is 10.4. The van der Waals surface area contributed by atoms with Gasteiger partial charge in [-0.15, -0.1) is 0 Å². The Kier molecular flexibility index (Phi) is 5.15. The Morgan fingerprint density at radius 2 is 1.62 bits per heavy atom. The smallest absolute Gasteiger partial charge is 0.220 e. The monoisotopic (exact) mass is 281 g/mol. The Morgan fingerprint density at radius 3 is 2.29 bits per heavy atom. The van der Waals surface area contributed by atoms with Crippen molar-refractivity contribution in [2.24, 2.45) is 0 Å². The number of amides is 1. The van der Waals surface area contributed by atoms with E-state index < -0.39 is 0 Å². The molecular formula is C19H23NO. The largest absolute Gasteiger partial charge is 0.352 e. The molecule has 2 nitrogen and oxygen atoms in total. The fourth-order valence-corrected chi connectivity index (χ4v) is 2.37. The topological polar surface area (TPSA) is 29.1 Å². The van der Waals surface area contributed by atoms with Gasteiger partial charge in [-0.05, 0) is 43.9 Å². The van der Waals surface area contributed by atoms with Gasteiger partial charge >= 0.3 is 0 Å². The quantitative estimate of drug-likeness (QED) is 0.886. The molecule has 0 saturated carbocycles. The lowest BCUT2D eigenvalue weighted by Gasteiger charge is -2.08. The minimum absolute atomic E-state index is 0.107. The van der Waals surface area contributed by atoms with Crippen LogP contribution in [0.4, 0.5) is 0 Å². The van der Waals surface area contributed by atoms with E-state index in [0.29, 0.717) is 13.0 Å². The molecule has 0 saturated heterocycles. The molecule has 0 spiro atoms. The lowest BCUT2D eigenvalue weighted by Crippen LogP contribution is -2.23. The third-order valence-corrected chi connectivity index (χ3v) is 3.73. The molecule has 110 valence electrons. The average molecular weight is 281 g/mol. The third kappa shape index (κ3) is 4.75. The summed E-state index contributed by atoms with van der Waals surface area (Å²) in [6.45, 7) is 6.86. The molecule has 0 unspecified atom stereocenters. The average Bonchev–Trinajstić information content (AvgIpc) is 2.46. The maximum atomic E-state index is 11.9. The van der Waals surface area contributed by atoms with Crippen LogP contribution >= 0.6 is 0 Å². The summed E-state index contributed by atoms with van der Waals surface area (Å²) in [6, 6.07) is 14.6. The number of hydrogen-bond acceptors (Lipinski definition) is 1. The first-order valence-corrected chi connectivity index (χ1v) is 7.43. The number of carbonyl (C=O) groups excluding carboxylic acids is 1. The van der Waals surface area contributed by atoms with Crippen LogP contribution in [-0.4, -0.2) is 5.91 Å². The zero-order chi connectivity index (χ0) is 15.2. The van der Waals surface area contributed by atoms with E-state index in [1.54, 1.807) is 0 Å². The van der Waals surface area contributed by atoms with E-state index in [-0.39, 0.29) is 5.91 Å². The summed E-state index contributed by atoms with van der Waals surface area (Å²) >= 11 is 0. The van der Waals surface area contributed by atoms with Crippen LogP contribution in [0.2, 0.25) is 0 Å². The summed E-state index contributed by atoms with van der Waals surface area (Å²) in [5, 5.41) is 2.98. The number of benzene rings is 2. The molecule has 1 amide bonds. The van der Waals surface area contributed by atoms with Crippen molar-refractivity contribution in [3.63, 3.8) is 0 Å². The van der Waals surface area contributed by atoms with Crippen molar-refractivity contribution >= 4 is 5.91 Å². The maximum absolute atomic E-state index is 11.9. The molecule has 0 aliphatic rings. The van der Waals surface area contributed by atoms with Crippen molar-refractivity contribution in [1.29, 1.82) is 0 Å². The minimum Gasteiger partial charge on any atom is -0.352 e. The summed E-state index contributed by atoms with van der Waals surface area (Å²) in [6.07, 6.45) is 1.33. The first kappa shape index (κ1) is 15.3. The van der Waals surface area contributed by atoms with Crippen LogP contribution < -0.4 is 5.32 Å². The van der Waals surface area contributed by atoms with Gasteiger partial charge < -0.3 is 5.32 Å². The third-order valence-electron chi connectivity index (χ3n) is 3.73. The Bertz CT molecular complexity index is 614. The molecule has 0 aromatic heterocycles. The maximum Gasteiger partial charge on any atom is 0.220 e. The van der Waals surface area contributed by atoms with Crippen molar-refractivity contribution in [3.05, 3.63) is 70.3 Å². The molecule has 0 aliphatic carbocycles. The first-order valence-electron chi connectivity index (χ1n) is 7.43. The van der Waals surface area contributed by atoms with Gasteiger partial charge in [0.2, 0.25) is 5.91 Å². The van der Waals surface area contributed by atoms with Crippen LogP contribution in [0.25, 0.3) is 0 Å². The zero-order valence-corrected chi connectivity index (χ0v) is 13.1. The highest BCUT2D eigenvalue weighted by Gasteiger charge is 2.04.